The summed E-state index contributed by atoms with van der Waals surface area (Å²) in [5.41, 5.74) is 9.70. The molecule has 2 nitrogen and oxygen atoms in total. The van der Waals surface area contributed by atoms with Gasteiger partial charge in [0.25, 0.3) is 0 Å². The lowest BCUT2D eigenvalue weighted by Gasteiger charge is -2.38. The Kier molecular flexibility index (Phi) is 7.97. The summed E-state index contributed by atoms with van der Waals surface area (Å²) in [4.78, 5) is 10.7. The smallest absolute Gasteiger partial charge is 0.155 e. The standard InChI is InChI=1S/C45H44N2/c1-29-22-23-38(31(3)30(29)2)35-24-36(42-27-34-18-10-11-19-39(34)40-20-12-13-21-41(40)42)26-37(25-35)44-28-43(32-14-6-4-7-15-32)46-45(47-44)33-16-8-5-9-17-33/h4-6,8-14,16-23,26-27,30-31,35-36,43H,7,15,24-25,28H2,1-3H3. The van der Waals surface area contributed by atoms with E-state index in [0.717, 1.165) is 43.5 Å². The van der Waals surface area contributed by atoms with Gasteiger partial charge in [0.05, 0.1) is 6.04 Å². The van der Waals surface area contributed by atoms with Crippen molar-refractivity contribution in [1.82, 2.24) is 0 Å². The zero-order valence-corrected chi connectivity index (χ0v) is 27.9. The van der Waals surface area contributed by atoms with Crippen molar-refractivity contribution in [3.05, 3.63) is 155 Å². The predicted molar refractivity (Wildman–Crippen MR) is 200 cm³/mol. The summed E-state index contributed by atoms with van der Waals surface area (Å²) in [6.07, 6.45) is 19.4. The molecule has 1 aliphatic heterocycles. The average Bonchev–Trinajstić information content (AvgIpc) is 3.14. The van der Waals surface area contributed by atoms with Crippen molar-refractivity contribution in [2.45, 2.75) is 64.8 Å². The highest BCUT2D eigenvalue weighted by molar-refractivity contribution is 6.14. The fourth-order valence-corrected chi connectivity index (χ4v) is 8.45. The van der Waals surface area contributed by atoms with Gasteiger partial charge in [0.15, 0.2) is 5.84 Å². The van der Waals surface area contributed by atoms with Crippen LogP contribution in [-0.4, -0.2) is 17.6 Å². The van der Waals surface area contributed by atoms with Gasteiger partial charge in [0.1, 0.15) is 0 Å². The summed E-state index contributed by atoms with van der Waals surface area (Å²) in [6, 6.07) is 31.1. The monoisotopic (exact) mass is 612 g/mol. The van der Waals surface area contributed by atoms with Gasteiger partial charge >= 0.3 is 0 Å². The summed E-state index contributed by atoms with van der Waals surface area (Å²) in [5, 5.41) is 5.37. The van der Waals surface area contributed by atoms with Crippen molar-refractivity contribution >= 4 is 33.1 Å². The normalized spacial score (nSPS) is 26.2. The van der Waals surface area contributed by atoms with E-state index in [1.165, 1.54) is 49.5 Å². The van der Waals surface area contributed by atoms with Crippen molar-refractivity contribution in [2.75, 3.05) is 0 Å². The third kappa shape index (κ3) is 5.69. The molecule has 4 aliphatic rings. The molecule has 0 spiro atoms. The number of fused-ring (bicyclic) bond motifs is 3. The second-order valence-electron chi connectivity index (χ2n) is 14.1. The maximum atomic E-state index is 5.41. The summed E-state index contributed by atoms with van der Waals surface area (Å²) in [5.74, 6) is 2.72. The Morgan fingerprint density at radius 2 is 1.51 bits per heavy atom. The molecule has 8 rings (SSSR count). The van der Waals surface area contributed by atoms with E-state index in [0.29, 0.717) is 23.7 Å². The lowest BCUT2D eigenvalue weighted by Crippen LogP contribution is -2.29. The quantitative estimate of drug-likeness (QED) is 0.200. The number of rotatable bonds is 5. The van der Waals surface area contributed by atoms with Crippen LogP contribution in [0.5, 0.6) is 0 Å². The maximum absolute atomic E-state index is 5.41. The van der Waals surface area contributed by atoms with Gasteiger partial charge in [-0.15, -0.1) is 0 Å². The molecule has 0 saturated heterocycles. The summed E-state index contributed by atoms with van der Waals surface area (Å²) >= 11 is 0. The SMILES string of the molecule is CC1=CC=C(C2CC(C3=NC(c4ccccc4)=NC(C4=CC=CCC4)C3)=CC(c3cc4ccccc4c4ccccc34)C2)C(C)C1C. The zero-order valence-electron chi connectivity index (χ0n) is 27.9. The molecule has 234 valence electrons. The van der Waals surface area contributed by atoms with E-state index in [1.54, 1.807) is 5.57 Å². The van der Waals surface area contributed by atoms with Crippen molar-refractivity contribution in [2.24, 2.45) is 27.7 Å². The number of allylic oxidation sites excluding steroid dienone is 9. The van der Waals surface area contributed by atoms with E-state index < -0.39 is 0 Å². The first-order valence-corrected chi connectivity index (χ1v) is 17.6. The number of hydrogen-bond acceptors (Lipinski definition) is 2. The third-order valence-corrected chi connectivity index (χ3v) is 11.4. The molecule has 0 aromatic heterocycles. The number of nitrogens with zero attached hydrogens (tertiary/aromatic N) is 2. The number of amidine groups is 1. The molecule has 4 aromatic carbocycles. The Balaban J connectivity index is 1.28. The molecule has 0 saturated carbocycles. The first kappa shape index (κ1) is 29.8. The molecular weight excluding hydrogens is 569 g/mol. The first-order chi connectivity index (χ1) is 23.0. The molecule has 0 amide bonds. The molecule has 5 unspecified atom stereocenters. The molecule has 2 heteroatoms. The van der Waals surface area contributed by atoms with Gasteiger partial charge in [0, 0.05) is 23.6 Å². The highest BCUT2D eigenvalue weighted by Crippen LogP contribution is 2.47. The average molecular weight is 613 g/mol. The first-order valence-electron chi connectivity index (χ1n) is 17.6. The van der Waals surface area contributed by atoms with Crippen LogP contribution in [0.2, 0.25) is 0 Å². The summed E-state index contributed by atoms with van der Waals surface area (Å²) in [7, 11) is 0. The van der Waals surface area contributed by atoms with Gasteiger partial charge in [0.2, 0.25) is 0 Å². The second-order valence-corrected chi connectivity index (χ2v) is 14.1. The van der Waals surface area contributed by atoms with E-state index in [9.17, 15) is 0 Å². The Morgan fingerprint density at radius 1 is 0.745 bits per heavy atom. The van der Waals surface area contributed by atoms with Crippen molar-refractivity contribution < 1.29 is 0 Å². The minimum absolute atomic E-state index is 0.127. The molecule has 0 radical (unpaired) electrons. The van der Waals surface area contributed by atoms with Crippen LogP contribution in [0, 0.1) is 17.8 Å². The molecule has 5 atom stereocenters. The highest BCUT2D eigenvalue weighted by Gasteiger charge is 2.35. The third-order valence-electron chi connectivity index (χ3n) is 11.4. The van der Waals surface area contributed by atoms with Crippen LogP contribution in [0.4, 0.5) is 0 Å². The van der Waals surface area contributed by atoms with Gasteiger partial charge in [-0.2, -0.15) is 0 Å². The lowest BCUT2D eigenvalue weighted by molar-refractivity contribution is 0.401. The summed E-state index contributed by atoms with van der Waals surface area (Å²) < 4.78 is 0. The topological polar surface area (TPSA) is 24.7 Å². The molecule has 3 aliphatic carbocycles. The Hall–Kier alpha value is -4.56. The van der Waals surface area contributed by atoms with Crippen LogP contribution in [-0.2, 0) is 0 Å². The zero-order chi connectivity index (χ0) is 31.9. The molecule has 4 aromatic rings. The molecule has 47 heavy (non-hydrogen) atoms. The van der Waals surface area contributed by atoms with Gasteiger partial charge in [-0.25, -0.2) is 4.99 Å². The molecule has 0 fully saturated rings. The Labute approximate surface area is 279 Å². The van der Waals surface area contributed by atoms with E-state index in [1.807, 2.05) is 0 Å². The van der Waals surface area contributed by atoms with Crippen LogP contribution in [0.1, 0.15) is 69.9 Å². The van der Waals surface area contributed by atoms with Gasteiger partial charge < -0.3 is 0 Å². The number of aliphatic imine (C=N–C) groups is 2. The second kappa shape index (κ2) is 12.6. The fourth-order valence-electron chi connectivity index (χ4n) is 8.45. The van der Waals surface area contributed by atoms with E-state index in [2.05, 4.69) is 142 Å². The van der Waals surface area contributed by atoms with E-state index >= 15 is 0 Å². The predicted octanol–water partition coefficient (Wildman–Crippen LogP) is 11.5. The summed E-state index contributed by atoms with van der Waals surface area (Å²) in [6.45, 7) is 7.14. The minimum Gasteiger partial charge on any atom is -0.258 e. The largest absolute Gasteiger partial charge is 0.258 e. The van der Waals surface area contributed by atoms with Crippen molar-refractivity contribution in [3.8, 4) is 0 Å². The van der Waals surface area contributed by atoms with Gasteiger partial charge in [-0.3, -0.25) is 4.99 Å². The van der Waals surface area contributed by atoms with Crippen LogP contribution in [0.25, 0.3) is 21.5 Å². The van der Waals surface area contributed by atoms with Crippen molar-refractivity contribution in [3.63, 3.8) is 0 Å². The van der Waals surface area contributed by atoms with E-state index in [-0.39, 0.29) is 6.04 Å². The maximum Gasteiger partial charge on any atom is 0.155 e. The molecular formula is C45H44N2. The van der Waals surface area contributed by atoms with Crippen molar-refractivity contribution in [1.29, 1.82) is 0 Å². The molecule has 0 bridgehead atoms. The number of benzene rings is 4. The van der Waals surface area contributed by atoms with Gasteiger partial charge in [-0.1, -0.05) is 140 Å². The van der Waals surface area contributed by atoms with E-state index in [4.69, 9.17) is 9.98 Å². The van der Waals surface area contributed by atoms with Crippen LogP contribution < -0.4 is 0 Å². The Bertz CT molecular complexity index is 2070. The highest BCUT2D eigenvalue weighted by atomic mass is 15.0. The Morgan fingerprint density at radius 3 is 2.32 bits per heavy atom. The minimum atomic E-state index is 0.127. The fraction of sp³-hybridized carbons (Fsp3) is 0.289. The number of hydrogen-bond donors (Lipinski definition) is 0. The van der Waals surface area contributed by atoms with Crippen LogP contribution in [0.3, 0.4) is 0 Å². The molecule has 1 heterocycles. The van der Waals surface area contributed by atoms with Crippen LogP contribution >= 0.6 is 0 Å². The van der Waals surface area contributed by atoms with Crippen LogP contribution in [0.15, 0.2) is 154 Å². The lowest BCUT2D eigenvalue weighted by atomic mass is 9.67. The van der Waals surface area contributed by atoms with Gasteiger partial charge in [-0.05, 0) is 94.7 Å². The molecule has 0 N–H and O–H groups in total.